The molecule has 1 amide bonds. The first-order valence-electron chi connectivity index (χ1n) is 10.3. The third kappa shape index (κ3) is 7.97. The Morgan fingerprint density at radius 1 is 1.13 bits per heavy atom. The van der Waals surface area contributed by atoms with Crippen molar-refractivity contribution < 1.29 is 9.53 Å². The van der Waals surface area contributed by atoms with Gasteiger partial charge in [-0.15, -0.1) is 24.0 Å². The molecule has 1 saturated heterocycles. The molecule has 0 saturated carbocycles. The van der Waals surface area contributed by atoms with Crippen molar-refractivity contribution in [3.05, 3.63) is 70.7 Å². The van der Waals surface area contributed by atoms with Gasteiger partial charge in [0, 0.05) is 38.2 Å². The van der Waals surface area contributed by atoms with Crippen LogP contribution >= 0.6 is 35.6 Å². The molecule has 8 heteroatoms. The van der Waals surface area contributed by atoms with E-state index < -0.39 is 0 Å². The van der Waals surface area contributed by atoms with Crippen LogP contribution in [0.15, 0.2) is 59.6 Å². The van der Waals surface area contributed by atoms with Gasteiger partial charge in [0.25, 0.3) is 0 Å². The van der Waals surface area contributed by atoms with Crippen LogP contribution in [0.25, 0.3) is 0 Å². The normalized spacial score (nSPS) is 15.0. The summed E-state index contributed by atoms with van der Waals surface area (Å²) in [6, 6.07) is 17.7. The van der Waals surface area contributed by atoms with Crippen molar-refractivity contribution in [2.45, 2.75) is 12.3 Å². The number of nitrogens with zero attached hydrogens (tertiary/aromatic N) is 2. The molecule has 1 heterocycles. The number of amides is 1. The molecule has 0 aliphatic carbocycles. The predicted octanol–water partition coefficient (Wildman–Crippen LogP) is 3.31. The monoisotopic (exact) mass is 556 g/mol. The molecule has 3 rings (SSSR count). The second-order valence-corrected chi connectivity index (χ2v) is 7.60. The molecule has 2 N–H and O–H groups in total. The third-order valence-corrected chi connectivity index (χ3v) is 5.35. The van der Waals surface area contributed by atoms with Crippen molar-refractivity contribution in [3.8, 4) is 0 Å². The van der Waals surface area contributed by atoms with Crippen LogP contribution in [-0.2, 0) is 16.0 Å². The largest absolute Gasteiger partial charge is 0.378 e. The van der Waals surface area contributed by atoms with Gasteiger partial charge in [-0.2, -0.15) is 0 Å². The van der Waals surface area contributed by atoms with E-state index >= 15 is 0 Å². The Labute approximate surface area is 206 Å². The molecule has 31 heavy (non-hydrogen) atoms. The lowest BCUT2D eigenvalue weighted by Gasteiger charge is -2.31. The maximum atomic E-state index is 13.2. The molecule has 1 unspecified atom stereocenters. The summed E-state index contributed by atoms with van der Waals surface area (Å²) >= 11 is 6.05. The quantitative estimate of drug-likeness (QED) is 0.312. The van der Waals surface area contributed by atoms with Gasteiger partial charge in [-0.05, 0) is 29.7 Å². The number of aliphatic imine (C=N–C) groups is 1. The maximum absolute atomic E-state index is 13.2. The Morgan fingerprint density at radius 2 is 1.87 bits per heavy atom. The van der Waals surface area contributed by atoms with E-state index in [0.717, 1.165) is 22.6 Å². The molecular formula is C23H30ClIN4O2. The lowest BCUT2D eigenvalue weighted by Crippen LogP contribution is -2.47. The summed E-state index contributed by atoms with van der Waals surface area (Å²) in [7, 11) is 1.73. The van der Waals surface area contributed by atoms with Crippen molar-refractivity contribution in [2.24, 2.45) is 4.99 Å². The Morgan fingerprint density at radius 3 is 2.55 bits per heavy atom. The van der Waals surface area contributed by atoms with E-state index in [-0.39, 0.29) is 35.8 Å². The zero-order chi connectivity index (χ0) is 21.2. The molecule has 6 nitrogen and oxygen atoms in total. The minimum Gasteiger partial charge on any atom is -0.378 e. The summed E-state index contributed by atoms with van der Waals surface area (Å²) in [6.45, 7) is 3.63. The lowest BCUT2D eigenvalue weighted by atomic mass is 9.97. The minimum atomic E-state index is -0.282. The van der Waals surface area contributed by atoms with E-state index in [1.165, 1.54) is 0 Å². The molecule has 0 spiro atoms. The van der Waals surface area contributed by atoms with Crippen LogP contribution in [0.2, 0.25) is 5.02 Å². The second-order valence-electron chi connectivity index (χ2n) is 7.16. The van der Waals surface area contributed by atoms with Gasteiger partial charge in [0.15, 0.2) is 5.96 Å². The van der Waals surface area contributed by atoms with E-state index in [1.807, 2.05) is 53.4 Å². The third-order valence-electron chi connectivity index (χ3n) is 5.12. The Balaban J connectivity index is 0.00000341. The summed E-state index contributed by atoms with van der Waals surface area (Å²) in [6.07, 6.45) is 0.829. The fourth-order valence-corrected chi connectivity index (χ4v) is 3.69. The standard InChI is InChI=1S/C23H29ClN4O2.HI/c1-25-23(26-11-10-18-6-5-9-20(24)16-18)27-17-21(19-7-3-2-4-8-19)22(29)28-12-14-30-15-13-28;/h2-9,16,21H,10-15,17H2,1H3,(H2,25,26,27);1H. The highest BCUT2D eigenvalue weighted by molar-refractivity contribution is 14.0. The summed E-state index contributed by atoms with van der Waals surface area (Å²) in [5, 5.41) is 7.37. The first kappa shape index (κ1) is 25.4. The average molecular weight is 557 g/mol. The maximum Gasteiger partial charge on any atom is 0.232 e. The molecule has 168 valence electrons. The summed E-state index contributed by atoms with van der Waals surface area (Å²) in [5.74, 6) is 0.509. The Bertz CT molecular complexity index is 844. The van der Waals surface area contributed by atoms with E-state index in [4.69, 9.17) is 16.3 Å². The van der Waals surface area contributed by atoms with Gasteiger partial charge >= 0.3 is 0 Å². The van der Waals surface area contributed by atoms with Gasteiger partial charge in [-0.25, -0.2) is 0 Å². The van der Waals surface area contributed by atoms with Crippen molar-refractivity contribution in [1.29, 1.82) is 0 Å². The molecule has 2 aromatic rings. The number of benzene rings is 2. The predicted molar refractivity (Wildman–Crippen MR) is 137 cm³/mol. The molecule has 0 radical (unpaired) electrons. The van der Waals surface area contributed by atoms with Crippen LogP contribution in [0.5, 0.6) is 0 Å². The number of ether oxygens (including phenoxy) is 1. The van der Waals surface area contributed by atoms with Crippen LogP contribution in [0, 0.1) is 0 Å². The van der Waals surface area contributed by atoms with Gasteiger partial charge in [0.05, 0.1) is 19.1 Å². The summed E-state index contributed by atoms with van der Waals surface area (Å²) < 4.78 is 5.39. The number of nitrogens with one attached hydrogen (secondary N) is 2. The van der Waals surface area contributed by atoms with Crippen LogP contribution < -0.4 is 10.6 Å². The van der Waals surface area contributed by atoms with Gasteiger partial charge in [-0.3, -0.25) is 9.79 Å². The molecular weight excluding hydrogens is 527 g/mol. The number of halogens is 2. The minimum absolute atomic E-state index is 0. The highest BCUT2D eigenvalue weighted by atomic mass is 127. The van der Waals surface area contributed by atoms with Crippen molar-refractivity contribution in [1.82, 2.24) is 15.5 Å². The van der Waals surface area contributed by atoms with Gasteiger partial charge in [0.2, 0.25) is 5.91 Å². The Hall–Kier alpha value is -1.84. The van der Waals surface area contributed by atoms with E-state index in [9.17, 15) is 4.79 Å². The average Bonchev–Trinajstić information content (AvgIpc) is 2.79. The van der Waals surface area contributed by atoms with E-state index in [2.05, 4.69) is 21.7 Å². The molecule has 1 fully saturated rings. The molecule has 0 aromatic heterocycles. The zero-order valence-electron chi connectivity index (χ0n) is 17.7. The topological polar surface area (TPSA) is 66.0 Å². The van der Waals surface area contributed by atoms with Gasteiger partial charge < -0.3 is 20.3 Å². The Kier molecular flexibility index (Phi) is 11.1. The van der Waals surface area contributed by atoms with Crippen LogP contribution in [0.4, 0.5) is 0 Å². The molecule has 1 aliphatic heterocycles. The second kappa shape index (κ2) is 13.5. The fourth-order valence-electron chi connectivity index (χ4n) is 3.47. The first-order valence-corrected chi connectivity index (χ1v) is 10.7. The smallest absolute Gasteiger partial charge is 0.232 e. The van der Waals surface area contributed by atoms with E-state index in [1.54, 1.807) is 7.05 Å². The molecule has 2 aromatic carbocycles. The first-order chi connectivity index (χ1) is 14.7. The highest BCUT2D eigenvalue weighted by Crippen LogP contribution is 2.19. The fraction of sp³-hybridized carbons (Fsp3) is 0.391. The van der Waals surface area contributed by atoms with E-state index in [0.29, 0.717) is 45.4 Å². The lowest BCUT2D eigenvalue weighted by molar-refractivity contribution is -0.136. The molecule has 1 atom stereocenters. The highest BCUT2D eigenvalue weighted by Gasteiger charge is 2.27. The number of guanidine groups is 1. The number of carbonyl (C=O) groups excluding carboxylic acids is 1. The van der Waals surface area contributed by atoms with Crippen LogP contribution in [0.1, 0.15) is 17.0 Å². The van der Waals surface area contributed by atoms with Gasteiger partial charge in [-0.1, -0.05) is 54.1 Å². The number of hydrogen-bond acceptors (Lipinski definition) is 3. The number of rotatable bonds is 7. The SMILES string of the molecule is CN=C(NCCc1cccc(Cl)c1)NCC(C(=O)N1CCOCC1)c1ccccc1.I. The van der Waals surface area contributed by atoms with Crippen LogP contribution in [0.3, 0.4) is 0 Å². The number of morpholine rings is 1. The summed E-state index contributed by atoms with van der Waals surface area (Å²) in [4.78, 5) is 19.4. The van der Waals surface area contributed by atoms with Crippen LogP contribution in [-0.4, -0.2) is 63.2 Å². The molecule has 1 aliphatic rings. The van der Waals surface area contributed by atoms with Gasteiger partial charge in [0.1, 0.15) is 0 Å². The zero-order valence-corrected chi connectivity index (χ0v) is 20.8. The number of carbonyl (C=O) groups is 1. The van der Waals surface area contributed by atoms with Crippen molar-refractivity contribution in [3.63, 3.8) is 0 Å². The number of hydrogen-bond donors (Lipinski definition) is 2. The molecule has 0 bridgehead atoms. The van der Waals surface area contributed by atoms with Crippen molar-refractivity contribution in [2.75, 3.05) is 46.4 Å². The van der Waals surface area contributed by atoms with Crippen molar-refractivity contribution >= 4 is 47.4 Å². The summed E-state index contributed by atoms with van der Waals surface area (Å²) in [5.41, 5.74) is 2.16.